The second-order valence-corrected chi connectivity index (χ2v) is 9.24. The van der Waals surface area contributed by atoms with Gasteiger partial charge in [0.1, 0.15) is 9.84 Å². The van der Waals surface area contributed by atoms with Gasteiger partial charge in [0.2, 0.25) is 0 Å². The summed E-state index contributed by atoms with van der Waals surface area (Å²) in [5.74, 6) is 0. The molecule has 1 aliphatic carbocycles. The molecule has 1 rings (SSSR count). The van der Waals surface area contributed by atoms with E-state index in [1.807, 2.05) is 0 Å². The fraction of sp³-hybridized carbons (Fsp3) is 1.00. The minimum absolute atomic E-state index is 0.0702. The van der Waals surface area contributed by atoms with Gasteiger partial charge in [0.15, 0.2) is 0 Å². The lowest BCUT2D eigenvalue weighted by molar-refractivity contribution is 0.175. The van der Waals surface area contributed by atoms with E-state index < -0.39 is 9.84 Å². The maximum absolute atomic E-state index is 11.7. The second kappa shape index (κ2) is 6.55. The van der Waals surface area contributed by atoms with Crippen LogP contribution in [-0.4, -0.2) is 43.7 Å². The Labute approximate surface area is 117 Å². The van der Waals surface area contributed by atoms with Crippen LogP contribution in [0, 0.1) is 5.41 Å². The normalized spacial score (nSPS) is 27.2. The van der Waals surface area contributed by atoms with Crippen molar-refractivity contribution < 1.29 is 13.5 Å². The molecule has 1 aliphatic rings. The van der Waals surface area contributed by atoms with E-state index in [9.17, 15) is 13.5 Å². The van der Waals surface area contributed by atoms with Gasteiger partial charge >= 0.3 is 0 Å². The average molecular weight is 291 g/mol. The SMILES string of the molecule is CC(C)(C)C(CCO)NC1CCCC(S(C)(=O)=O)C1. The highest BCUT2D eigenvalue weighted by Crippen LogP contribution is 2.28. The molecule has 0 spiro atoms. The minimum Gasteiger partial charge on any atom is -0.396 e. The summed E-state index contributed by atoms with van der Waals surface area (Å²) in [7, 11) is -2.93. The topological polar surface area (TPSA) is 66.4 Å². The third-order valence-corrected chi connectivity index (χ3v) is 5.77. The van der Waals surface area contributed by atoms with Gasteiger partial charge in [-0.1, -0.05) is 27.2 Å². The van der Waals surface area contributed by atoms with Crippen LogP contribution in [0.15, 0.2) is 0 Å². The number of hydrogen-bond donors (Lipinski definition) is 2. The van der Waals surface area contributed by atoms with Gasteiger partial charge in [-0.3, -0.25) is 0 Å². The summed E-state index contributed by atoms with van der Waals surface area (Å²) in [6.07, 6.45) is 5.54. The van der Waals surface area contributed by atoms with Crippen LogP contribution in [0.25, 0.3) is 0 Å². The Morgan fingerprint density at radius 2 is 1.95 bits per heavy atom. The maximum atomic E-state index is 11.7. The minimum atomic E-state index is -2.93. The molecule has 0 aromatic carbocycles. The Hall–Kier alpha value is -0.130. The number of hydrogen-bond acceptors (Lipinski definition) is 4. The van der Waals surface area contributed by atoms with E-state index in [4.69, 9.17) is 0 Å². The van der Waals surface area contributed by atoms with Crippen molar-refractivity contribution in [3.8, 4) is 0 Å². The Morgan fingerprint density at radius 1 is 1.32 bits per heavy atom. The molecule has 0 saturated heterocycles. The van der Waals surface area contributed by atoms with E-state index in [-0.39, 0.29) is 29.4 Å². The molecule has 0 bridgehead atoms. The second-order valence-electron chi connectivity index (χ2n) is 6.91. The standard InChI is InChI=1S/C14H29NO3S/c1-14(2,3)13(8-9-16)15-11-6-5-7-12(10-11)19(4,17)18/h11-13,15-16H,5-10H2,1-4H3. The van der Waals surface area contributed by atoms with Crippen LogP contribution in [0.4, 0.5) is 0 Å². The van der Waals surface area contributed by atoms with Crippen LogP contribution in [0.3, 0.4) is 0 Å². The van der Waals surface area contributed by atoms with Gasteiger partial charge in [-0.05, 0) is 31.1 Å². The van der Waals surface area contributed by atoms with E-state index in [0.29, 0.717) is 12.8 Å². The van der Waals surface area contributed by atoms with E-state index in [2.05, 4.69) is 26.1 Å². The first kappa shape index (κ1) is 16.9. The number of nitrogens with one attached hydrogen (secondary N) is 1. The fourth-order valence-corrected chi connectivity index (χ4v) is 4.04. The smallest absolute Gasteiger partial charge is 0.150 e. The molecule has 0 aromatic rings. The van der Waals surface area contributed by atoms with Gasteiger partial charge in [-0.2, -0.15) is 0 Å². The van der Waals surface area contributed by atoms with Crippen LogP contribution >= 0.6 is 0 Å². The number of aliphatic hydroxyl groups is 1. The van der Waals surface area contributed by atoms with Gasteiger partial charge in [-0.25, -0.2) is 8.42 Å². The molecule has 3 unspecified atom stereocenters. The lowest BCUT2D eigenvalue weighted by Gasteiger charge is -2.37. The Kier molecular flexibility index (Phi) is 5.83. The highest BCUT2D eigenvalue weighted by Gasteiger charge is 2.32. The molecule has 0 heterocycles. The zero-order valence-electron chi connectivity index (χ0n) is 12.6. The molecule has 2 N–H and O–H groups in total. The van der Waals surface area contributed by atoms with Crippen LogP contribution in [0.5, 0.6) is 0 Å². The van der Waals surface area contributed by atoms with Gasteiger partial charge in [0, 0.05) is 24.9 Å². The van der Waals surface area contributed by atoms with E-state index in [0.717, 1.165) is 19.3 Å². The van der Waals surface area contributed by atoms with Crippen LogP contribution in [-0.2, 0) is 9.84 Å². The molecule has 3 atom stereocenters. The Morgan fingerprint density at radius 3 is 2.42 bits per heavy atom. The summed E-state index contributed by atoms with van der Waals surface area (Å²) in [4.78, 5) is 0. The first-order valence-electron chi connectivity index (χ1n) is 7.20. The van der Waals surface area contributed by atoms with Gasteiger partial charge in [-0.15, -0.1) is 0 Å². The molecule has 1 saturated carbocycles. The van der Waals surface area contributed by atoms with E-state index in [1.165, 1.54) is 6.26 Å². The summed E-state index contributed by atoms with van der Waals surface area (Å²) >= 11 is 0. The van der Waals surface area contributed by atoms with Gasteiger partial charge in [0.05, 0.1) is 5.25 Å². The number of sulfone groups is 1. The monoisotopic (exact) mass is 291 g/mol. The summed E-state index contributed by atoms with van der Waals surface area (Å²) in [6, 6.07) is 0.477. The van der Waals surface area contributed by atoms with Gasteiger partial charge < -0.3 is 10.4 Å². The number of aliphatic hydroxyl groups excluding tert-OH is 1. The van der Waals surface area contributed by atoms with Crippen molar-refractivity contribution in [2.75, 3.05) is 12.9 Å². The molecule has 0 radical (unpaired) electrons. The molecule has 1 fully saturated rings. The summed E-state index contributed by atoms with van der Waals surface area (Å²) in [5, 5.41) is 12.5. The quantitative estimate of drug-likeness (QED) is 0.809. The van der Waals surface area contributed by atoms with Crippen molar-refractivity contribution in [2.45, 2.75) is 70.2 Å². The molecule has 0 aromatic heterocycles. The average Bonchev–Trinajstić information content (AvgIpc) is 2.26. The number of rotatable bonds is 5. The Balaban J connectivity index is 2.64. The highest BCUT2D eigenvalue weighted by atomic mass is 32.2. The van der Waals surface area contributed by atoms with Crippen molar-refractivity contribution in [3.63, 3.8) is 0 Å². The fourth-order valence-electron chi connectivity index (χ4n) is 2.87. The molecular weight excluding hydrogens is 262 g/mol. The van der Waals surface area contributed by atoms with Crippen molar-refractivity contribution in [1.82, 2.24) is 5.32 Å². The lowest BCUT2D eigenvalue weighted by Crippen LogP contribution is -2.49. The molecule has 19 heavy (non-hydrogen) atoms. The zero-order valence-corrected chi connectivity index (χ0v) is 13.5. The summed E-state index contributed by atoms with van der Waals surface area (Å²) in [5.41, 5.74) is 0.0702. The third kappa shape index (κ3) is 5.40. The predicted octanol–water partition coefficient (Wildman–Crippen LogP) is 1.73. The highest BCUT2D eigenvalue weighted by molar-refractivity contribution is 7.91. The van der Waals surface area contributed by atoms with E-state index >= 15 is 0 Å². The third-order valence-electron chi connectivity index (χ3n) is 4.13. The molecule has 5 heteroatoms. The van der Waals surface area contributed by atoms with Crippen molar-refractivity contribution in [2.24, 2.45) is 5.41 Å². The molecule has 0 aliphatic heterocycles. The largest absolute Gasteiger partial charge is 0.396 e. The van der Waals surface area contributed by atoms with Crippen LogP contribution in [0.1, 0.15) is 52.9 Å². The lowest BCUT2D eigenvalue weighted by atomic mass is 9.83. The molecular formula is C14H29NO3S. The van der Waals surface area contributed by atoms with Crippen LogP contribution < -0.4 is 5.32 Å². The maximum Gasteiger partial charge on any atom is 0.150 e. The predicted molar refractivity (Wildman–Crippen MR) is 79.0 cm³/mol. The molecule has 4 nitrogen and oxygen atoms in total. The Bertz CT molecular complexity index is 373. The van der Waals surface area contributed by atoms with E-state index in [1.54, 1.807) is 0 Å². The molecule has 0 amide bonds. The summed E-state index contributed by atoms with van der Waals surface area (Å²) in [6.45, 7) is 6.61. The van der Waals surface area contributed by atoms with Crippen molar-refractivity contribution >= 4 is 9.84 Å². The zero-order chi connectivity index (χ0) is 14.7. The van der Waals surface area contributed by atoms with Crippen molar-refractivity contribution in [3.05, 3.63) is 0 Å². The van der Waals surface area contributed by atoms with Crippen LogP contribution in [0.2, 0.25) is 0 Å². The first-order valence-corrected chi connectivity index (χ1v) is 9.16. The summed E-state index contributed by atoms with van der Waals surface area (Å²) < 4.78 is 23.3. The first-order chi connectivity index (χ1) is 8.64. The van der Waals surface area contributed by atoms with Crippen molar-refractivity contribution in [1.29, 1.82) is 0 Å². The molecule has 114 valence electrons. The van der Waals surface area contributed by atoms with Gasteiger partial charge in [0.25, 0.3) is 0 Å².